The van der Waals surface area contributed by atoms with E-state index in [1.807, 2.05) is 18.2 Å². The molecule has 3 rings (SSSR count). The molecule has 24 heavy (non-hydrogen) atoms. The Bertz CT molecular complexity index is 781. The van der Waals surface area contributed by atoms with Crippen LogP contribution in [-0.4, -0.2) is 17.4 Å². The summed E-state index contributed by atoms with van der Waals surface area (Å²) in [6.07, 6.45) is 2.83. The summed E-state index contributed by atoms with van der Waals surface area (Å²) in [6, 6.07) is 14.4. The van der Waals surface area contributed by atoms with Gasteiger partial charge in [-0.25, -0.2) is 9.37 Å². The molecule has 0 saturated heterocycles. The molecule has 0 aliphatic rings. The van der Waals surface area contributed by atoms with Gasteiger partial charge in [-0.15, -0.1) is 11.3 Å². The third-order valence-electron chi connectivity index (χ3n) is 3.78. The first kappa shape index (κ1) is 16.6. The van der Waals surface area contributed by atoms with Gasteiger partial charge in [-0.05, 0) is 49.1 Å². The van der Waals surface area contributed by atoms with E-state index in [-0.39, 0.29) is 11.7 Å². The summed E-state index contributed by atoms with van der Waals surface area (Å²) in [4.78, 5) is 16.4. The van der Waals surface area contributed by atoms with Crippen molar-refractivity contribution in [1.82, 2.24) is 10.3 Å². The summed E-state index contributed by atoms with van der Waals surface area (Å²) in [5.41, 5.74) is 2.05. The highest BCUT2D eigenvalue weighted by Gasteiger charge is 2.05. The van der Waals surface area contributed by atoms with Gasteiger partial charge in [-0.1, -0.05) is 24.3 Å². The Kier molecular flexibility index (Phi) is 5.54. The van der Waals surface area contributed by atoms with Crippen LogP contribution in [-0.2, 0) is 17.6 Å². The first-order valence-corrected chi connectivity index (χ1v) is 8.88. The fourth-order valence-corrected chi connectivity index (χ4v) is 3.52. The highest BCUT2D eigenvalue weighted by molar-refractivity contribution is 7.18. The van der Waals surface area contributed by atoms with Gasteiger partial charge in [0.25, 0.3) is 0 Å². The number of halogens is 1. The SMILES string of the molecule is O=C(CCCc1nc2ccccc2s1)NCCc1ccc(F)cc1. The van der Waals surface area contributed by atoms with Crippen molar-refractivity contribution in [1.29, 1.82) is 0 Å². The number of aryl methyl sites for hydroxylation is 1. The summed E-state index contributed by atoms with van der Waals surface area (Å²) in [5, 5.41) is 3.99. The summed E-state index contributed by atoms with van der Waals surface area (Å²) in [5.74, 6) is -0.184. The van der Waals surface area contributed by atoms with Crippen LogP contribution in [0.3, 0.4) is 0 Å². The van der Waals surface area contributed by atoms with Gasteiger partial charge in [0.2, 0.25) is 5.91 Å². The van der Waals surface area contributed by atoms with E-state index in [9.17, 15) is 9.18 Å². The molecule has 0 bridgehead atoms. The molecule has 0 radical (unpaired) electrons. The maximum absolute atomic E-state index is 12.8. The maximum atomic E-state index is 12.8. The van der Waals surface area contributed by atoms with Crippen LogP contribution in [0.15, 0.2) is 48.5 Å². The fourth-order valence-electron chi connectivity index (χ4n) is 2.51. The first-order chi connectivity index (χ1) is 11.7. The van der Waals surface area contributed by atoms with Gasteiger partial charge < -0.3 is 5.32 Å². The number of benzene rings is 2. The fraction of sp³-hybridized carbons (Fsp3) is 0.263. The Hall–Kier alpha value is -2.27. The predicted molar refractivity (Wildman–Crippen MR) is 95.7 cm³/mol. The topological polar surface area (TPSA) is 42.0 Å². The molecule has 0 aliphatic carbocycles. The quantitative estimate of drug-likeness (QED) is 0.702. The summed E-state index contributed by atoms with van der Waals surface area (Å²) in [7, 11) is 0. The van der Waals surface area contributed by atoms with Crippen molar-refractivity contribution in [2.45, 2.75) is 25.7 Å². The molecule has 0 fully saturated rings. The lowest BCUT2D eigenvalue weighted by atomic mass is 10.1. The molecule has 1 heterocycles. The van der Waals surface area contributed by atoms with E-state index in [0.717, 1.165) is 28.9 Å². The van der Waals surface area contributed by atoms with Gasteiger partial charge in [0.05, 0.1) is 15.2 Å². The van der Waals surface area contributed by atoms with Crippen LogP contribution in [0.25, 0.3) is 10.2 Å². The highest BCUT2D eigenvalue weighted by atomic mass is 32.1. The molecular weight excluding hydrogens is 323 g/mol. The molecule has 1 aromatic heterocycles. The monoisotopic (exact) mass is 342 g/mol. The molecule has 5 heteroatoms. The highest BCUT2D eigenvalue weighted by Crippen LogP contribution is 2.22. The molecule has 1 amide bonds. The smallest absolute Gasteiger partial charge is 0.220 e. The predicted octanol–water partition coefficient (Wildman–Crippen LogP) is 4.12. The Morgan fingerprint density at radius 2 is 1.88 bits per heavy atom. The number of rotatable bonds is 7. The molecule has 3 aromatic rings. The number of hydrogen-bond acceptors (Lipinski definition) is 3. The van der Waals surface area contributed by atoms with Crippen molar-refractivity contribution in [2.75, 3.05) is 6.54 Å². The third-order valence-corrected chi connectivity index (χ3v) is 4.88. The van der Waals surface area contributed by atoms with E-state index in [0.29, 0.717) is 19.4 Å². The van der Waals surface area contributed by atoms with Crippen molar-refractivity contribution < 1.29 is 9.18 Å². The largest absolute Gasteiger partial charge is 0.356 e. The minimum atomic E-state index is -0.238. The van der Waals surface area contributed by atoms with Crippen LogP contribution in [0.5, 0.6) is 0 Å². The average Bonchev–Trinajstić information content (AvgIpc) is 2.99. The molecule has 124 valence electrons. The van der Waals surface area contributed by atoms with Crippen LogP contribution in [0.2, 0.25) is 0 Å². The van der Waals surface area contributed by atoms with Gasteiger partial charge >= 0.3 is 0 Å². The maximum Gasteiger partial charge on any atom is 0.220 e. The number of hydrogen-bond donors (Lipinski definition) is 1. The first-order valence-electron chi connectivity index (χ1n) is 8.06. The van der Waals surface area contributed by atoms with E-state index >= 15 is 0 Å². The van der Waals surface area contributed by atoms with Crippen molar-refractivity contribution >= 4 is 27.5 Å². The Balaban J connectivity index is 1.37. The minimum Gasteiger partial charge on any atom is -0.356 e. The lowest BCUT2D eigenvalue weighted by Crippen LogP contribution is -2.25. The molecule has 1 N–H and O–H groups in total. The van der Waals surface area contributed by atoms with E-state index in [1.54, 1.807) is 23.5 Å². The van der Waals surface area contributed by atoms with Gasteiger partial charge in [0.15, 0.2) is 0 Å². The number of aromatic nitrogens is 1. The summed E-state index contributed by atoms with van der Waals surface area (Å²) >= 11 is 1.69. The average molecular weight is 342 g/mol. The van der Waals surface area contributed by atoms with Crippen molar-refractivity contribution in [3.63, 3.8) is 0 Å². The number of nitrogens with zero attached hydrogens (tertiary/aromatic N) is 1. The van der Waals surface area contributed by atoms with E-state index in [1.165, 1.54) is 16.8 Å². The second kappa shape index (κ2) is 8.02. The Morgan fingerprint density at radius 3 is 2.67 bits per heavy atom. The Labute approximate surface area is 144 Å². The molecule has 0 saturated carbocycles. The summed E-state index contributed by atoms with van der Waals surface area (Å²) < 4.78 is 14.0. The van der Waals surface area contributed by atoms with Crippen molar-refractivity contribution in [2.24, 2.45) is 0 Å². The number of para-hydroxylation sites is 1. The van der Waals surface area contributed by atoms with Crippen LogP contribution >= 0.6 is 11.3 Å². The number of nitrogens with one attached hydrogen (secondary N) is 1. The van der Waals surface area contributed by atoms with Gasteiger partial charge in [-0.2, -0.15) is 0 Å². The zero-order valence-electron chi connectivity index (χ0n) is 13.3. The molecular formula is C19H19FN2OS. The second-order valence-corrected chi connectivity index (χ2v) is 6.77. The normalized spacial score (nSPS) is 10.9. The number of carbonyl (C=O) groups excluding carboxylic acids is 1. The van der Waals surface area contributed by atoms with E-state index < -0.39 is 0 Å². The third kappa shape index (κ3) is 4.61. The van der Waals surface area contributed by atoms with Crippen LogP contribution in [0, 0.1) is 5.82 Å². The number of fused-ring (bicyclic) bond motifs is 1. The molecule has 3 nitrogen and oxygen atoms in total. The molecule has 0 aliphatic heterocycles. The number of carbonyl (C=O) groups is 1. The number of thiazole rings is 1. The standard InChI is InChI=1S/C19H19FN2OS/c20-15-10-8-14(9-11-15)12-13-21-18(23)6-3-7-19-22-16-4-1-2-5-17(16)24-19/h1-2,4-5,8-11H,3,6-7,12-13H2,(H,21,23). The lowest BCUT2D eigenvalue weighted by molar-refractivity contribution is -0.121. The van der Waals surface area contributed by atoms with Gasteiger partial charge in [0, 0.05) is 13.0 Å². The van der Waals surface area contributed by atoms with Crippen LogP contribution in [0.4, 0.5) is 4.39 Å². The molecule has 0 atom stereocenters. The van der Waals surface area contributed by atoms with Crippen LogP contribution < -0.4 is 5.32 Å². The molecule has 0 spiro atoms. The minimum absolute atomic E-state index is 0.0539. The zero-order chi connectivity index (χ0) is 16.8. The lowest BCUT2D eigenvalue weighted by Gasteiger charge is -2.05. The van der Waals surface area contributed by atoms with E-state index in [2.05, 4.69) is 16.4 Å². The van der Waals surface area contributed by atoms with Crippen LogP contribution in [0.1, 0.15) is 23.4 Å². The van der Waals surface area contributed by atoms with Gasteiger partial charge in [-0.3, -0.25) is 4.79 Å². The molecule has 0 unspecified atom stereocenters. The zero-order valence-corrected chi connectivity index (χ0v) is 14.1. The Morgan fingerprint density at radius 1 is 1.08 bits per heavy atom. The van der Waals surface area contributed by atoms with Gasteiger partial charge in [0.1, 0.15) is 5.82 Å². The summed E-state index contributed by atoms with van der Waals surface area (Å²) in [6.45, 7) is 0.575. The van der Waals surface area contributed by atoms with Crippen molar-refractivity contribution in [3.8, 4) is 0 Å². The van der Waals surface area contributed by atoms with E-state index in [4.69, 9.17) is 0 Å². The molecule has 2 aromatic carbocycles. The second-order valence-electron chi connectivity index (χ2n) is 5.66. The van der Waals surface area contributed by atoms with Crippen molar-refractivity contribution in [3.05, 3.63) is 64.9 Å². The number of amides is 1.